The first-order valence-electron chi connectivity index (χ1n) is 5.20. The molecular weight excluding hydrogens is 312 g/mol. The molecule has 1 amide bonds. The van der Waals surface area contributed by atoms with Crippen molar-refractivity contribution in [2.24, 2.45) is 0 Å². The second-order valence-corrected chi connectivity index (χ2v) is 4.82. The van der Waals surface area contributed by atoms with Gasteiger partial charge in [0.05, 0.1) is 26.3 Å². The summed E-state index contributed by atoms with van der Waals surface area (Å²) in [6.07, 6.45) is 0. The van der Waals surface area contributed by atoms with Crippen molar-refractivity contribution < 1.29 is 9.18 Å². The maximum atomic E-state index is 13.4. The maximum Gasteiger partial charge on any atom is 0.258 e. The number of benzene rings is 2. The third-order valence-electron chi connectivity index (χ3n) is 2.40. The summed E-state index contributed by atoms with van der Waals surface area (Å²) in [5, 5.41) is 3.00. The Morgan fingerprint density at radius 3 is 2.37 bits per heavy atom. The third kappa shape index (κ3) is 3.00. The first-order valence-corrected chi connectivity index (χ1v) is 6.33. The van der Waals surface area contributed by atoms with Gasteiger partial charge in [-0.05, 0) is 24.3 Å². The van der Waals surface area contributed by atoms with Gasteiger partial charge in [0, 0.05) is 0 Å². The number of carbonyl (C=O) groups excluding carboxylic acids is 1. The van der Waals surface area contributed by atoms with E-state index in [9.17, 15) is 9.18 Å². The van der Waals surface area contributed by atoms with Gasteiger partial charge in [-0.25, -0.2) is 4.39 Å². The second-order valence-electron chi connectivity index (χ2n) is 3.66. The van der Waals surface area contributed by atoms with Crippen LogP contribution in [-0.4, -0.2) is 5.91 Å². The highest BCUT2D eigenvalue weighted by Crippen LogP contribution is 2.35. The summed E-state index contributed by atoms with van der Waals surface area (Å²) in [6.45, 7) is 0. The van der Waals surface area contributed by atoms with Crippen LogP contribution in [0.25, 0.3) is 0 Å². The minimum absolute atomic E-state index is 0.0790. The lowest BCUT2D eigenvalue weighted by Crippen LogP contribution is -2.14. The SMILES string of the molecule is O=C(Nc1ccc(Cl)c(Cl)c1Cl)c1ccccc1F. The highest BCUT2D eigenvalue weighted by atomic mass is 35.5. The fraction of sp³-hybridized carbons (Fsp3) is 0. The topological polar surface area (TPSA) is 29.1 Å². The minimum atomic E-state index is -0.615. The lowest BCUT2D eigenvalue weighted by Gasteiger charge is -2.09. The van der Waals surface area contributed by atoms with Gasteiger partial charge < -0.3 is 5.32 Å². The summed E-state index contributed by atoms with van der Waals surface area (Å²) >= 11 is 17.6. The van der Waals surface area contributed by atoms with E-state index >= 15 is 0 Å². The highest BCUT2D eigenvalue weighted by Gasteiger charge is 2.14. The minimum Gasteiger partial charge on any atom is -0.320 e. The van der Waals surface area contributed by atoms with Crippen LogP contribution in [0.15, 0.2) is 36.4 Å². The van der Waals surface area contributed by atoms with E-state index in [1.54, 1.807) is 6.07 Å². The summed E-state index contributed by atoms with van der Waals surface area (Å²) in [4.78, 5) is 11.9. The van der Waals surface area contributed by atoms with Gasteiger partial charge in [-0.1, -0.05) is 46.9 Å². The standard InChI is InChI=1S/C13H7Cl3FNO/c14-8-5-6-10(12(16)11(8)15)18-13(19)7-3-1-2-4-9(7)17/h1-6H,(H,18,19). The molecule has 0 atom stereocenters. The summed E-state index contributed by atoms with van der Waals surface area (Å²) in [5.41, 5.74) is 0.189. The summed E-state index contributed by atoms with van der Waals surface area (Å²) < 4.78 is 13.4. The van der Waals surface area contributed by atoms with Crippen LogP contribution >= 0.6 is 34.8 Å². The molecule has 0 aliphatic carbocycles. The van der Waals surface area contributed by atoms with Gasteiger partial charge in [-0.3, -0.25) is 4.79 Å². The molecule has 0 saturated heterocycles. The molecule has 2 aromatic rings. The van der Waals surface area contributed by atoms with Crippen molar-refractivity contribution in [1.29, 1.82) is 0 Å². The fourth-order valence-electron chi connectivity index (χ4n) is 1.46. The van der Waals surface area contributed by atoms with Gasteiger partial charge in [-0.2, -0.15) is 0 Å². The Morgan fingerprint density at radius 2 is 1.68 bits per heavy atom. The molecule has 0 aliphatic rings. The van der Waals surface area contributed by atoms with Crippen LogP contribution in [0, 0.1) is 5.82 Å². The van der Waals surface area contributed by atoms with Crippen molar-refractivity contribution in [3.8, 4) is 0 Å². The van der Waals surface area contributed by atoms with Crippen LogP contribution in [0.1, 0.15) is 10.4 Å². The van der Waals surface area contributed by atoms with Crippen molar-refractivity contribution in [3.05, 3.63) is 62.8 Å². The van der Waals surface area contributed by atoms with Crippen molar-refractivity contribution >= 4 is 46.4 Å². The molecule has 0 bridgehead atoms. The number of anilines is 1. The molecule has 0 heterocycles. The average Bonchev–Trinajstić information content (AvgIpc) is 2.40. The molecule has 2 rings (SSSR count). The molecule has 0 aromatic heterocycles. The normalized spacial score (nSPS) is 10.3. The summed E-state index contributed by atoms with van der Waals surface area (Å²) in [6, 6.07) is 8.62. The molecule has 2 nitrogen and oxygen atoms in total. The summed E-state index contributed by atoms with van der Waals surface area (Å²) in [5.74, 6) is -1.23. The van der Waals surface area contributed by atoms with E-state index in [1.165, 1.54) is 30.3 Å². The molecule has 6 heteroatoms. The molecule has 0 aliphatic heterocycles. The molecule has 2 aromatic carbocycles. The van der Waals surface area contributed by atoms with Crippen LogP contribution in [-0.2, 0) is 0 Å². The zero-order valence-corrected chi connectivity index (χ0v) is 11.7. The van der Waals surface area contributed by atoms with Crippen molar-refractivity contribution in [2.75, 3.05) is 5.32 Å². The average molecular weight is 319 g/mol. The lowest BCUT2D eigenvalue weighted by molar-refractivity contribution is 0.102. The smallest absolute Gasteiger partial charge is 0.258 e. The van der Waals surface area contributed by atoms with Crippen LogP contribution in [0.3, 0.4) is 0 Å². The van der Waals surface area contributed by atoms with Crippen LogP contribution < -0.4 is 5.32 Å². The molecule has 1 N–H and O–H groups in total. The molecule has 0 radical (unpaired) electrons. The van der Waals surface area contributed by atoms with Crippen LogP contribution in [0.4, 0.5) is 10.1 Å². The third-order valence-corrected chi connectivity index (χ3v) is 3.70. The predicted molar refractivity (Wildman–Crippen MR) is 75.8 cm³/mol. The zero-order chi connectivity index (χ0) is 14.0. The van der Waals surface area contributed by atoms with Gasteiger partial charge in [0.2, 0.25) is 0 Å². The number of rotatable bonds is 2. The van der Waals surface area contributed by atoms with E-state index in [1.807, 2.05) is 0 Å². The Kier molecular flexibility index (Phi) is 4.30. The maximum absolute atomic E-state index is 13.4. The lowest BCUT2D eigenvalue weighted by atomic mass is 10.2. The zero-order valence-electron chi connectivity index (χ0n) is 9.38. The largest absolute Gasteiger partial charge is 0.320 e. The van der Waals surface area contributed by atoms with Crippen LogP contribution in [0.2, 0.25) is 15.1 Å². The van der Waals surface area contributed by atoms with E-state index in [4.69, 9.17) is 34.8 Å². The van der Waals surface area contributed by atoms with E-state index in [-0.39, 0.29) is 26.3 Å². The Labute approximate surface area is 124 Å². The first kappa shape index (κ1) is 14.1. The Bertz CT molecular complexity index is 646. The monoisotopic (exact) mass is 317 g/mol. The van der Waals surface area contributed by atoms with E-state index in [0.717, 1.165) is 0 Å². The number of hydrogen-bond acceptors (Lipinski definition) is 1. The highest BCUT2D eigenvalue weighted by molar-refractivity contribution is 6.49. The van der Waals surface area contributed by atoms with Gasteiger partial charge in [0.1, 0.15) is 5.82 Å². The van der Waals surface area contributed by atoms with Crippen LogP contribution in [0.5, 0.6) is 0 Å². The van der Waals surface area contributed by atoms with Crippen molar-refractivity contribution in [1.82, 2.24) is 0 Å². The molecule has 0 unspecified atom stereocenters. The molecule has 19 heavy (non-hydrogen) atoms. The quantitative estimate of drug-likeness (QED) is 0.772. The molecule has 98 valence electrons. The molecule has 0 saturated carbocycles. The molecule has 0 spiro atoms. The van der Waals surface area contributed by atoms with Gasteiger partial charge in [0.15, 0.2) is 0 Å². The fourth-order valence-corrected chi connectivity index (χ4v) is 2.04. The Morgan fingerprint density at radius 1 is 1.00 bits per heavy atom. The first-order chi connectivity index (χ1) is 9.00. The van der Waals surface area contributed by atoms with E-state index in [0.29, 0.717) is 0 Å². The number of halogens is 4. The Balaban J connectivity index is 2.30. The van der Waals surface area contributed by atoms with Crippen molar-refractivity contribution in [3.63, 3.8) is 0 Å². The Hall–Kier alpha value is -1.29. The molecular formula is C13H7Cl3FNO. The number of amides is 1. The van der Waals surface area contributed by atoms with Gasteiger partial charge in [-0.15, -0.1) is 0 Å². The van der Waals surface area contributed by atoms with Gasteiger partial charge >= 0.3 is 0 Å². The van der Waals surface area contributed by atoms with Gasteiger partial charge in [0.25, 0.3) is 5.91 Å². The number of nitrogens with one attached hydrogen (secondary N) is 1. The van der Waals surface area contributed by atoms with E-state index < -0.39 is 11.7 Å². The number of hydrogen-bond donors (Lipinski definition) is 1. The van der Waals surface area contributed by atoms with E-state index in [2.05, 4.69) is 5.32 Å². The molecule has 0 fully saturated rings. The van der Waals surface area contributed by atoms with Crippen molar-refractivity contribution in [2.45, 2.75) is 0 Å². The summed E-state index contributed by atoms with van der Waals surface area (Å²) in [7, 11) is 0. The second kappa shape index (κ2) is 5.78. The predicted octanol–water partition coefficient (Wildman–Crippen LogP) is 5.04. The number of carbonyl (C=O) groups is 1.